The third-order valence-electron chi connectivity index (χ3n) is 3.62. The summed E-state index contributed by atoms with van der Waals surface area (Å²) in [5, 5.41) is 0. The fourth-order valence-corrected chi connectivity index (χ4v) is 2.45. The van der Waals surface area contributed by atoms with Gasteiger partial charge in [0.2, 0.25) is 0 Å². The average Bonchev–Trinajstić information content (AvgIpc) is 3.18. The van der Waals surface area contributed by atoms with Crippen LogP contribution >= 0.6 is 0 Å². The Labute approximate surface area is 110 Å². The van der Waals surface area contributed by atoms with E-state index in [4.69, 9.17) is 10.5 Å². The highest BCUT2D eigenvalue weighted by molar-refractivity contribution is 5.60. The molecule has 3 heteroatoms. The summed E-state index contributed by atoms with van der Waals surface area (Å²) in [5.74, 6) is 1.77. The zero-order valence-electron chi connectivity index (χ0n) is 11.6. The molecule has 18 heavy (non-hydrogen) atoms. The number of rotatable bonds is 6. The molecule has 0 saturated heterocycles. The third kappa shape index (κ3) is 2.78. The van der Waals surface area contributed by atoms with Crippen molar-refractivity contribution in [3.8, 4) is 5.75 Å². The van der Waals surface area contributed by atoms with Crippen LogP contribution in [0.3, 0.4) is 0 Å². The van der Waals surface area contributed by atoms with Gasteiger partial charge in [0.25, 0.3) is 0 Å². The van der Waals surface area contributed by atoms with E-state index in [0.29, 0.717) is 0 Å². The molecule has 2 N–H and O–H groups in total. The predicted molar refractivity (Wildman–Crippen MR) is 76.2 cm³/mol. The van der Waals surface area contributed by atoms with Gasteiger partial charge in [0.1, 0.15) is 5.75 Å². The fraction of sp³-hybridized carbons (Fsp3) is 0.600. The molecule has 3 nitrogen and oxygen atoms in total. The minimum Gasteiger partial charge on any atom is -0.496 e. The molecule has 1 aliphatic carbocycles. The van der Waals surface area contributed by atoms with Gasteiger partial charge in [0, 0.05) is 30.4 Å². The lowest BCUT2D eigenvalue weighted by atomic mass is 10.0. The maximum Gasteiger partial charge on any atom is 0.125 e. The molecular formula is C15H24N2O. The molecule has 1 aromatic rings. The number of ether oxygens (including phenoxy) is 1. The van der Waals surface area contributed by atoms with Crippen molar-refractivity contribution in [3.05, 3.63) is 23.8 Å². The Morgan fingerprint density at radius 3 is 2.67 bits per heavy atom. The molecule has 0 aliphatic heterocycles. The van der Waals surface area contributed by atoms with Crippen molar-refractivity contribution >= 4 is 5.69 Å². The van der Waals surface area contributed by atoms with Crippen molar-refractivity contribution in [2.45, 2.75) is 32.7 Å². The van der Waals surface area contributed by atoms with Crippen molar-refractivity contribution in [2.24, 2.45) is 11.7 Å². The molecule has 1 saturated carbocycles. The van der Waals surface area contributed by atoms with Crippen LogP contribution < -0.4 is 15.4 Å². The molecule has 0 amide bonds. The summed E-state index contributed by atoms with van der Waals surface area (Å²) in [6, 6.07) is 6.19. The summed E-state index contributed by atoms with van der Waals surface area (Å²) in [6.45, 7) is 6.38. The maximum absolute atomic E-state index is 6.12. The molecule has 1 aliphatic rings. The Kier molecular flexibility index (Phi) is 4.12. The Morgan fingerprint density at radius 1 is 1.44 bits per heavy atom. The molecule has 2 rings (SSSR count). The Balaban J connectivity index is 2.33. The largest absolute Gasteiger partial charge is 0.496 e. The molecular weight excluding hydrogens is 224 g/mol. The summed E-state index contributed by atoms with van der Waals surface area (Å²) < 4.78 is 5.46. The molecule has 0 heterocycles. The second-order valence-corrected chi connectivity index (χ2v) is 5.16. The van der Waals surface area contributed by atoms with E-state index in [1.54, 1.807) is 7.11 Å². The molecule has 1 fully saturated rings. The van der Waals surface area contributed by atoms with E-state index in [0.717, 1.165) is 30.3 Å². The van der Waals surface area contributed by atoms with Crippen molar-refractivity contribution < 1.29 is 4.74 Å². The monoisotopic (exact) mass is 248 g/mol. The van der Waals surface area contributed by atoms with Gasteiger partial charge in [0.15, 0.2) is 0 Å². The van der Waals surface area contributed by atoms with Crippen molar-refractivity contribution in [3.63, 3.8) is 0 Å². The lowest BCUT2D eigenvalue weighted by molar-refractivity contribution is 0.407. The highest BCUT2D eigenvalue weighted by atomic mass is 16.5. The SMILES string of the molecule is CCN(CC1CC1)c1cccc(OC)c1[C@@H](C)N. The predicted octanol–water partition coefficient (Wildman–Crippen LogP) is 2.95. The smallest absolute Gasteiger partial charge is 0.125 e. The number of benzene rings is 1. The van der Waals surface area contributed by atoms with Gasteiger partial charge in [-0.2, -0.15) is 0 Å². The van der Waals surface area contributed by atoms with Crippen LogP contribution in [0, 0.1) is 5.92 Å². The van der Waals surface area contributed by atoms with Crippen molar-refractivity contribution in [1.82, 2.24) is 0 Å². The van der Waals surface area contributed by atoms with E-state index < -0.39 is 0 Å². The average molecular weight is 248 g/mol. The van der Waals surface area contributed by atoms with Crippen LogP contribution in [0.1, 0.15) is 38.3 Å². The number of nitrogens with zero attached hydrogens (tertiary/aromatic N) is 1. The van der Waals surface area contributed by atoms with E-state index in [2.05, 4.69) is 24.0 Å². The van der Waals surface area contributed by atoms with Gasteiger partial charge < -0.3 is 15.4 Å². The summed E-state index contributed by atoms with van der Waals surface area (Å²) in [4.78, 5) is 2.43. The molecule has 1 aromatic carbocycles. The summed E-state index contributed by atoms with van der Waals surface area (Å²) in [6.07, 6.45) is 2.74. The molecule has 0 aromatic heterocycles. The van der Waals surface area contributed by atoms with Crippen LogP contribution in [-0.2, 0) is 0 Å². The lowest BCUT2D eigenvalue weighted by Gasteiger charge is -2.28. The highest BCUT2D eigenvalue weighted by Crippen LogP contribution is 2.36. The molecule has 0 bridgehead atoms. The zero-order chi connectivity index (χ0) is 13.1. The maximum atomic E-state index is 6.12. The molecule has 0 unspecified atom stereocenters. The van der Waals surface area contributed by atoms with Crippen LogP contribution in [0.25, 0.3) is 0 Å². The number of methoxy groups -OCH3 is 1. The topological polar surface area (TPSA) is 38.5 Å². The summed E-state index contributed by atoms with van der Waals surface area (Å²) >= 11 is 0. The fourth-order valence-electron chi connectivity index (χ4n) is 2.45. The quantitative estimate of drug-likeness (QED) is 0.841. The summed E-state index contributed by atoms with van der Waals surface area (Å²) in [5.41, 5.74) is 8.49. The first-order valence-corrected chi connectivity index (χ1v) is 6.84. The standard InChI is InChI=1S/C15H24N2O/c1-4-17(10-12-8-9-12)13-6-5-7-14(18-3)15(13)11(2)16/h5-7,11-12H,4,8-10,16H2,1-3H3/t11-/m1/s1. The highest BCUT2D eigenvalue weighted by Gasteiger charge is 2.26. The van der Waals surface area contributed by atoms with Gasteiger partial charge in [0.05, 0.1) is 7.11 Å². The van der Waals surface area contributed by atoms with E-state index in [1.807, 2.05) is 13.0 Å². The van der Waals surface area contributed by atoms with Gasteiger partial charge >= 0.3 is 0 Å². The normalized spacial score (nSPS) is 16.4. The molecule has 1 atom stereocenters. The molecule has 0 radical (unpaired) electrons. The zero-order valence-corrected chi connectivity index (χ0v) is 11.6. The van der Waals surface area contributed by atoms with Crippen LogP contribution in [0.2, 0.25) is 0 Å². The van der Waals surface area contributed by atoms with Gasteiger partial charge in [-0.05, 0) is 44.7 Å². The van der Waals surface area contributed by atoms with E-state index in [9.17, 15) is 0 Å². The molecule has 0 spiro atoms. The van der Waals surface area contributed by atoms with Crippen molar-refractivity contribution in [2.75, 3.05) is 25.1 Å². The van der Waals surface area contributed by atoms with Crippen molar-refractivity contribution in [1.29, 1.82) is 0 Å². The third-order valence-corrected chi connectivity index (χ3v) is 3.62. The first-order chi connectivity index (χ1) is 8.67. The number of hydrogen-bond acceptors (Lipinski definition) is 3. The van der Waals surface area contributed by atoms with E-state index in [-0.39, 0.29) is 6.04 Å². The minimum atomic E-state index is -0.00981. The number of hydrogen-bond donors (Lipinski definition) is 1. The van der Waals surface area contributed by atoms with Gasteiger partial charge in [-0.3, -0.25) is 0 Å². The number of nitrogens with two attached hydrogens (primary N) is 1. The lowest BCUT2D eigenvalue weighted by Crippen LogP contribution is -2.27. The number of anilines is 1. The summed E-state index contributed by atoms with van der Waals surface area (Å²) in [7, 11) is 1.71. The minimum absolute atomic E-state index is 0.00981. The van der Waals surface area contributed by atoms with Crippen LogP contribution in [0.15, 0.2) is 18.2 Å². The Morgan fingerprint density at radius 2 is 2.17 bits per heavy atom. The van der Waals surface area contributed by atoms with Crippen LogP contribution in [-0.4, -0.2) is 20.2 Å². The second-order valence-electron chi connectivity index (χ2n) is 5.16. The van der Waals surface area contributed by atoms with Crippen LogP contribution in [0.4, 0.5) is 5.69 Å². The van der Waals surface area contributed by atoms with Gasteiger partial charge in [-0.25, -0.2) is 0 Å². The first-order valence-electron chi connectivity index (χ1n) is 6.84. The second kappa shape index (κ2) is 5.61. The van der Waals surface area contributed by atoms with Gasteiger partial charge in [-0.15, -0.1) is 0 Å². The molecule has 100 valence electrons. The Hall–Kier alpha value is -1.22. The van der Waals surface area contributed by atoms with E-state index in [1.165, 1.54) is 18.5 Å². The van der Waals surface area contributed by atoms with Gasteiger partial charge in [-0.1, -0.05) is 6.07 Å². The van der Waals surface area contributed by atoms with E-state index >= 15 is 0 Å². The first kappa shape index (κ1) is 13.2. The van der Waals surface area contributed by atoms with Crippen LogP contribution in [0.5, 0.6) is 5.75 Å². The Bertz CT molecular complexity index is 399.